The van der Waals surface area contributed by atoms with Crippen molar-refractivity contribution >= 4 is 17.1 Å². The van der Waals surface area contributed by atoms with Crippen molar-refractivity contribution in [2.24, 2.45) is 10.8 Å². The fourth-order valence-corrected chi connectivity index (χ4v) is 12.2. The Morgan fingerprint density at radius 2 is 0.739 bits per heavy atom. The van der Waals surface area contributed by atoms with E-state index in [0.717, 1.165) is 65.2 Å². The second-order valence-electron chi connectivity index (χ2n) is 19.1. The van der Waals surface area contributed by atoms with Crippen LogP contribution < -0.4 is 0 Å². The summed E-state index contributed by atoms with van der Waals surface area (Å²) in [5.74, 6) is 0. The lowest BCUT2D eigenvalue weighted by Gasteiger charge is -2.56. The fourth-order valence-electron chi connectivity index (χ4n) is 8.13. The molecule has 0 amide bonds. The van der Waals surface area contributed by atoms with Gasteiger partial charge in [-0.2, -0.15) is 0 Å². The van der Waals surface area contributed by atoms with E-state index in [-0.39, 0.29) is 33.0 Å². The summed E-state index contributed by atoms with van der Waals surface area (Å²) < 4.78 is 31.2. The van der Waals surface area contributed by atoms with Crippen LogP contribution >= 0.6 is 17.1 Å². The van der Waals surface area contributed by atoms with Crippen molar-refractivity contribution in [2.75, 3.05) is 53.6 Å². The fraction of sp³-hybridized carbons (Fsp3) is 1.00. The van der Waals surface area contributed by atoms with Crippen LogP contribution in [0.4, 0.5) is 0 Å². The average molecular weight is 687 g/mol. The second-order valence-corrected chi connectivity index (χ2v) is 22.1. The number of unbranched alkanes of at least 4 members (excludes halogenated alkanes) is 3. The molecule has 4 aliphatic heterocycles. The number of hydrogen-bond donors (Lipinski definition) is 0. The molecule has 4 fully saturated rings. The molecule has 0 bridgehead atoms. The summed E-state index contributed by atoms with van der Waals surface area (Å²) in [7, 11) is 2.54. The minimum Gasteiger partial charge on any atom is -0.321 e. The molecule has 8 nitrogen and oxygen atoms in total. The van der Waals surface area contributed by atoms with Crippen LogP contribution in [0.25, 0.3) is 0 Å². The Morgan fingerprint density at radius 1 is 0.478 bits per heavy atom. The van der Waals surface area contributed by atoms with Crippen LogP contribution in [0.1, 0.15) is 134 Å². The van der Waals surface area contributed by atoms with Gasteiger partial charge in [-0.1, -0.05) is 40.5 Å². The zero-order chi connectivity index (χ0) is 34.3. The maximum absolute atomic E-state index is 6.49. The summed E-state index contributed by atoms with van der Waals surface area (Å²) in [4.78, 5) is 5.16. The van der Waals surface area contributed by atoms with E-state index < -0.39 is 17.1 Å². The number of piperidine rings is 2. The number of rotatable bonds is 11. The Hall–Kier alpha value is 0.540. The average Bonchev–Trinajstić information content (AvgIpc) is 2.92. The van der Waals surface area contributed by atoms with Crippen LogP contribution in [0.15, 0.2) is 0 Å². The van der Waals surface area contributed by atoms with Crippen LogP contribution in [0, 0.1) is 10.8 Å². The third-order valence-electron chi connectivity index (χ3n) is 11.6. The van der Waals surface area contributed by atoms with Gasteiger partial charge in [-0.05, 0) is 108 Å². The molecule has 0 unspecified atom stereocenters. The van der Waals surface area contributed by atoms with Gasteiger partial charge in [0, 0.05) is 58.2 Å². The SMILES string of the molecule is CN1C(C)(C)CC(N(CCCCCCN(C2CC(C)(C)N(C)C(C)(C)C2)P2OCC(C)(C)CO2)P2OCC(C)(C)CO2)CC1(C)C. The first-order valence-electron chi connectivity index (χ1n) is 18.2. The zero-order valence-electron chi connectivity index (χ0n) is 32.4. The Kier molecular flexibility index (Phi) is 12.5. The Morgan fingerprint density at radius 3 is 1.00 bits per heavy atom. The van der Waals surface area contributed by atoms with Crippen molar-refractivity contribution in [3.63, 3.8) is 0 Å². The Balaban J connectivity index is 1.37. The maximum atomic E-state index is 6.49. The van der Waals surface area contributed by atoms with Crippen LogP contribution in [-0.4, -0.2) is 107 Å². The normalized spacial score (nSPS) is 29.5. The molecule has 0 aromatic rings. The summed E-state index contributed by atoms with van der Waals surface area (Å²) in [6.07, 6.45) is 9.34. The minimum atomic E-state index is -1.02. The van der Waals surface area contributed by atoms with Gasteiger partial charge in [-0.25, -0.2) is 9.34 Å². The monoisotopic (exact) mass is 687 g/mol. The highest BCUT2D eigenvalue weighted by atomic mass is 31.2. The van der Waals surface area contributed by atoms with Crippen molar-refractivity contribution in [3.05, 3.63) is 0 Å². The highest BCUT2D eigenvalue weighted by Crippen LogP contribution is 2.55. The first-order chi connectivity index (χ1) is 21.1. The largest absolute Gasteiger partial charge is 0.321 e. The number of hydrogen-bond acceptors (Lipinski definition) is 8. The lowest BCUT2D eigenvalue weighted by atomic mass is 9.77. The summed E-state index contributed by atoms with van der Waals surface area (Å²) in [6, 6.07) is 0.931. The van der Waals surface area contributed by atoms with Gasteiger partial charge in [0.25, 0.3) is 17.1 Å². The van der Waals surface area contributed by atoms with Crippen molar-refractivity contribution in [3.8, 4) is 0 Å². The van der Waals surface area contributed by atoms with Crippen molar-refractivity contribution in [1.29, 1.82) is 0 Å². The first-order valence-corrected chi connectivity index (χ1v) is 20.4. The van der Waals surface area contributed by atoms with Gasteiger partial charge >= 0.3 is 0 Å². The molecule has 270 valence electrons. The molecule has 0 aliphatic carbocycles. The van der Waals surface area contributed by atoms with Gasteiger partial charge in [0.2, 0.25) is 0 Å². The third kappa shape index (κ3) is 9.65. The molecule has 4 rings (SSSR count). The molecule has 0 aromatic carbocycles. The molecule has 4 saturated heterocycles. The predicted molar refractivity (Wildman–Crippen MR) is 195 cm³/mol. The smallest absolute Gasteiger partial charge is 0.259 e. The van der Waals surface area contributed by atoms with Gasteiger partial charge in [-0.15, -0.1) is 0 Å². The molecule has 0 spiro atoms. The molecule has 0 radical (unpaired) electrons. The van der Waals surface area contributed by atoms with E-state index in [9.17, 15) is 0 Å². The molecular formula is C36H72N4O4P2. The second kappa shape index (κ2) is 14.6. The quantitative estimate of drug-likeness (QED) is 0.158. The van der Waals surface area contributed by atoms with Crippen LogP contribution in [0.5, 0.6) is 0 Å². The standard InChI is InChI=1S/C36H72N4O4P2/c1-31(2)25-41-45(42-26-31)39(29-21-33(5,6)37(13)34(7,8)22-29)19-17-15-16-18-20-40(46-43-27-32(3,4)28-44-46)30-23-35(9,10)38(14)36(11,12)24-30/h29-30H,15-28H2,1-14H3. The van der Waals surface area contributed by atoms with E-state index in [2.05, 4.69) is 116 Å². The van der Waals surface area contributed by atoms with Crippen molar-refractivity contribution in [2.45, 2.75) is 169 Å². The molecule has 0 aromatic heterocycles. The third-order valence-corrected chi connectivity index (χ3v) is 14.9. The first kappa shape index (κ1) is 39.3. The van der Waals surface area contributed by atoms with Gasteiger partial charge in [0.05, 0.1) is 26.4 Å². The summed E-state index contributed by atoms with van der Waals surface area (Å²) in [5, 5.41) is 0. The molecule has 4 aliphatic rings. The van der Waals surface area contributed by atoms with E-state index in [1.165, 1.54) is 25.7 Å². The maximum Gasteiger partial charge on any atom is 0.259 e. The highest BCUT2D eigenvalue weighted by Gasteiger charge is 2.49. The van der Waals surface area contributed by atoms with E-state index >= 15 is 0 Å². The van der Waals surface area contributed by atoms with Crippen molar-refractivity contribution < 1.29 is 18.1 Å². The Bertz CT molecular complexity index is 872. The lowest BCUT2D eigenvalue weighted by molar-refractivity contribution is -0.0416. The summed E-state index contributed by atoms with van der Waals surface area (Å²) >= 11 is 0. The summed E-state index contributed by atoms with van der Waals surface area (Å²) in [5.41, 5.74) is 0.712. The van der Waals surface area contributed by atoms with E-state index in [1.54, 1.807) is 0 Å². The van der Waals surface area contributed by atoms with Gasteiger partial charge in [-0.3, -0.25) is 9.80 Å². The molecular weight excluding hydrogens is 614 g/mol. The predicted octanol–water partition coefficient (Wildman–Crippen LogP) is 9.05. The van der Waals surface area contributed by atoms with Crippen LogP contribution in [0.3, 0.4) is 0 Å². The zero-order valence-corrected chi connectivity index (χ0v) is 34.2. The van der Waals surface area contributed by atoms with Crippen molar-refractivity contribution in [1.82, 2.24) is 19.1 Å². The molecule has 4 heterocycles. The molecule has 0 N–H and O–H groups in total. The van der Waals surface area contributed by atoms with Crippen LogP contribution in [0.2, 0.25) is 0 Å². The number of nitrogens with zero attached hydrogens (tertiary/aromatic N) is 4. The van der Waals surface area contributed by atoms with Gasteiger partial charge < -0.3 is 18.1 Å². The molecule has 10 heteroatoms. The topological polar surface area (TPSA) is 49.9 Å². The van der Waals surface area contributed by atoms with Gasteiger partial charge in [0.1, 0.15) is 0 Å². The minimum absolute atomic E-state index is 0.0862. The number of likely N-dealkylation sites (tertiary alicyclic amines) is 2. The summed E-state index contributed by atoms with van der Waals surface area (Å²) in [6.45, 7) is 33.4. The highest BCUT2D eigenvalue weighted by molar-refractivity contribution is 7.44. The van der Waals surface area contributed by atoms with E-state index in [4.69, 9.17) is 18.1 Å². The molecule has 0 saturated carbocycles. The van der Waals surface area contributed by atoms with E-state index in [1.807, 2.05) is 0 Å². The molecule has 0 atom stereocenters. The lowest BCUT2D eigenvalue weighted by Crippen LogP contribution is -2.62. The van der Waals surface area contributed by atoms with E-state index in [0.29, 0.717) is 12.1 Å². The Labute approximate surface area is 286 Å². The van der Waals surface area contributed by atoms with Crippen LogP contribution in [-0.2, 0) is 18.1 Å². The van der Waals surface area contributed by atoms with Gasteiger partial charge in [0.15, 0.2) is 0 Å². The molecule has 46 heavy (non-hydrogen) atoms.